The Balaban J connectivity index is 0.00000312. The molecule has 1 aromatic carbocycles. The van der Waals surface area contributed by atoms with Crippen molar-refractivity contribution >= 4 is 39.7 Å². The quantitative estimate of drug-likeness (QED) is 0.665. The lowest BCUT2D eigenvalue weighted by atomic mass is 9.96. The first-order chi connectivity index (χ1) is 11.3. The number of nitrogens with one attached hydrogen (secondary N) is 3. The van der Waals surface area contributed by atoms with E-state index in [2.05, 4.69) is 16.0 Å². The Labute approximate surface area is 154 Å². The minimum atomic E-state index is -3.54. The molecule has 0 unspecified atom stereocenters. The summed E-state index contributed by atoms with van der Waals surface area (Å²) >= 11 is 0. The average Bonchev–Trinajstić information content (AvgIpc) is 2.55. The van der Waals surface area contributed by atoms with Gasteiger partial charge in [-0.25, -0.2) is 8.42 Å². The number of carbonyl (C=O) groups is 2. The van der Waals surface area contributed by atoms with Gasteiger partial charge >= 0.3 is 0 Å². The van der Waals surface area contributed by atoms with E-state index in [4.69, 9.17) is 0 Å². The Kier molecular flexibility index (Phi) is 7.85. The van der Waals surface area contributed by atoms with Crippen molar-refractivity contribution < 1.29 is 18.0 Å². The monoisotopic (exact) mass is 389 g/mol. The van der Waals surface area contributed by atoms with E-state index in [1.165, 1.54) is 0 Å². The maximum Gasteiger partial charge on any atom is 0.241 e. The summed E-state index contributed by atoms with van der Waals surface area (Å²) in [5.74, 6) is -0.751. The van der Waals surface area contributed by atoms with Gasteiger partial charge in [-0.05, 0) is 38.1 Å². The molecule has 2 rings (SSSR count). The number of amides is 2. The van der Waals surface area contributed by atoms with Gasteiger partial charge in [-0.1, -0.05) is 18.2 Å². The third-order valence-corrected chi connectivity index (χ3v) is 6.24. The molecule has 3 N–H and O–H groups in total. The van der Waals surface area contributed by atoms with Gasteiger partial charge in [0, 0.05) is 24.9 Å². The highest BCUT2D eigenvalue weighted by Gasteiger charge is 2.48. The van der Waals surface area contributed by atoms with Crippen LogP contribution in [-0.4, -0.2) is 50.9 Å². The zero-order chi connectivity index (χ0) is 17.6. The van der Waals surface area contributed by atoms with Gasteiger partial charge in [0.1, 0.15) is 0 Å². The molecule has 9 heteroatoms. The standard InChI is InChI=1S/C16H23N3O4S.ClH/c1-24(22,23)16(8-11-17-12-9-16)15(21)18-10-7-14(20)19-13-5-3-2-4-6-13;/h2-6,17H,7-12H2,1H3,(H,18,21)(H,19,20);1H. The van der Waals surface area contributed by atoms with Gasteiger partial charge < -0.3 is 16.0 Å². The van der Waals surface area contributed by atoms with Gasteiger partial charge in [0.05, 0.1) is 0 Å². The third kappa shape index (κ3) is 5.42. The summed E-state index contributed by atoms with van der Waals surface area (Å²) in [5.41, 5.74) is 0.680. The number of hydrogen-bond acceptors (Lipinski definition) is 5. The zero-order valence-corrected chi connectivity index (χ0v) is 15.7. The van der Waals surface area contributed by atoms with Crippen molar-refractivity contribution in [2.75, 3.05) is 31.2 Å². The Bertz CT molecular complexity index is 689. The summed E-state index contributed by atoms with van der Waals surface area (Å²) in [6, 6.07) is 9.00. The fourth-order valence-electron chi connectivity index (χ4n) is 2.79. The molecule has 0 saturated carbocycles. The van der Waals surface area contributed by atoms with Gasteiger partial charge in [-0.3, -0.25) is 9.59 Å². The van der Waals surface area contributed by atoms with E-state index in [0.29, 0.717) is 18.8 Å². The first-order valence-electron chi connectivity index (χ1n) is 7.89. The molecule has 2 amide bonds. The number of carbonyl (C=O) groups excluding carboxylic acids is 2. The summed E-state index contributed by atoms with van der Waals surface area (Å²) in [6.07, 6.45) is 1.67. The number of hydrogen-bond donors (Lipinski definition) is 3. The van der Waals surface area contributed by atoms with Gasteiger partial charge in [-0.15, -0.1) is 12.4 Å². The van der Waals surface area contributed by atoms with E-state index in [1.807, 2.05) is 18.2 Å². The molecule has 7 nitrogen and oxygen atoms in total. The molecule has 0 aromatic heterocycles. The highest BCUT2D eigenvalue weighted by atomic mass is 35.5. The van der Waals surface area contributed by atoms with Crippen LogP contribution >= 0.6 is 12.4 Å². The predicted molar refractivity (Wildman–Crippen MR) is 99.6 cm³/mol. The van der Waals surface area contributed by atoms with Crippen LogP contribution in [0, 0.1) is 0 Å². The van der Waals surface area contributed by atoms with E-state index in [-0.39, 0.29) is 44.1 Å². The van der Waals surface area contributed by atoms with Crippen molar-refractivity contribution in [2.24, 2.45) is 0 Å². The third-order valence-electron chi connectivity index (χ3n) is 4.23. The molecule has 0 aliphatic carbocycles. The minimum absolute atomic E-state index is 0. The van der Waals surface area contributed by atoms with Crippen molar-refractivity contribution in [3.8, 4) is 0 Å². The summed E-state index contributed by atoms with van der Waals surface area (Å²) < 4.78 is 22.8. The fourth-order valence-corrected chi connectivity index (χ4v) is 4.15. The van der Waals surface area contributed by atoms with Crippen LogP contribution in [0.5, 0.6) is 0 Å². The summed E-state index contributed by atoms with van der Waals surface area (Å²) in [5, 5.41) is 8.39. The van der Waals surface area contributed by atoms with Crippen molar-refractivity contribution in [1.82, 2.24) is 10.6 Å². The minimum Gasteiger partial charge on any atom is -0.354 e. The van der Waals surface area contributed by atoms with Crippen LogP contribution in [0.15, 0.2) is 30.3 Å². The zero-order valence-electron chi connectivity index (χ0n) is 14.1. The number of piperidine rings is 1. The molecule has 1 heterocycles. The molecule has 25 heavy (non-hydrogen) atoms. The molecule has 0 bridgehead atoms. The molecule has 0 atom stereocenters. The van der Waals surface area contributed by atoms with Gasteiger partial charge in [-0.2, -0.15) is 0 Å². The first-order valence-corrected chi connectivity index (χ1v) is 9.78. The molecule has 140 valence electrons. The van der Waals surface area contributed by atoms with Gasteiger partial charge in [0.25, 0.3) is 0 Å². The lowest BCUT2D eigenvalue weighted by Crippen LogP contribution is -2.57. The lowest BCUT2D eigenvalue weighted by Gasteiger charge is -2.34. The summed E-state index contributed by atoms with van der Waals surface area (Å²) in [7, 11) is -3.54. The van der Waals surface area contributed by atoms with Crippen LogP contribution in [-0.2, 0) is 19.4 Å². The smallest absolute Gasteiger partial charge is 0.241 e. The van der Waals surface area contributed by atoms with Gasteiger partial charge in [0.2, 0.25) is 11.8 Å². The summed E-state index contributed by atoms with van der Waals surface area (Å²) in [4.78, 5) is 24.3. The largest absolute Gasteiger partial charge is 0.354 e. The van der Waals surface area contributed by atoms with Crippen LogP contribution in [0.1, 0.15) is 19.3 Å². The van der Waals surface area contributed by atoms with E-state index in [1.54, 1.807) is 12.1 Å². The highest BCUT2D eigenvalue weighted by Crippen LogP contribution is 2.27. The maximum atomic E-state index is 12.5. The Morgan fingerprint density at radius 1 is 1.16 bits per heavy atom. The molecule has 1 fully saturated rings. The summed E-state index contributed by atoms with van der Waals surface area (Å²) in [6.45, 7) is 1.06. The van der Waals surface area contributed by atoms with E-state index >= 15 is 0 Å². The molecule has 1 saturated heterocycles. The molecule has 0 spiro atoms. The second-order valence-corrected chi connectivity index (χ2v) is 8.26. The topological polar surface area (TPSA) is 104 Å². The SMILES string of the molecule is CS(=O)(=O)C1(C(=O)NCCC(=O)Nc2ccccc2)CCNCC1.Cl. The number of para-hydroxylation sites is 1. The molecule has 1 aliphatic rings. The Hall–Kier alpha value is -1.64. The van der Waals surface area contributed by atoms with Crippen LogP contribution < -0.4 is 16.0 Å². The number of rotatable bonds is 6. The van der Waals surface area contributed by atoms with Crippen molar-refractivity contribution in [1.29, 1.82) is 0 Å². The van der Waals surface area contributed by atoms with Crippen LogP contribution in [0.25, 0.3) is 0 Å². The van der Waals surface area contributed by atoms with Crippen molar-refractivity contribution in [2.45, 2.75) is 24.0 Å². The van der Waals surface area contributed by atoms with E-state index < -0.39 is 20.5 Å². The van der Waals surface area contributed by atoms with Crippen molar-refractivity contribution in [3.05, 3.63) is 30.3 Å². The Morgan fingerprint density at radius 3 is 2.32 bits per heavy atom. The van der Waals surface area contributed by atoms with Crippen LogP contribution in [0.2, 0.25) is 0 Å². The van der Waals surface area contributed by atoms with E-state index in [0.717, 1.165) is 6.26 Å². The normalized spacial score (nSPS) is 16.4. The van der Waals surface area contributed by atoms with Crippen LogP contribution in [0.4, 0.5) is 5.69 Å². The highest BCUT2D eigenvalue weighted by molar-refractivity contribution is 7.92. The number of anilines is 1. The van der Waals surface area contributed by atoms with Crippen molar-refractivity contribution in [3.63, 3.8) is 0 Å². The molecular weight excluding hydrogens is 366 g/mol. The lowest BCUT2D eigenvalue weighted by molar-refractivity contribution is -0.124. The second-order valence-electron chi connectivity index (χ2n) is 5.94. The molecule has 1 aromatic rings. The van der Waals surface area contributed by atoms with Gasteiger partial charge in [0.15, 0.2) is 14.6 Å². The molecule has 1 aliphatic heterocycles. The number of benzene rings is 1. The predicted octanol–water partition coefficient (Wildman–Crippen LogP) is 0.720. The average molecular weight is 390 g/mol. The van der Waals surface area contributed by atoms with E-state index in [9.17, 15) is 18.0 Å². The Morgan fingerprint density at radius 2 is 1.76 bits per heavy atom. The fraction of sp³-hybridized carbons (Fsp3) is 0.500. The number of halogens is 1. The molecular formula is C16H24ClN3O4S. The number of sulfone groups is 1. The first kappa shape index (κ1) is 21.4. The van der Waals surface area contributed by atoms with Crippen LogP contribution in [0.3, 0.4) is 0 Å². The maximum absolute atomic E-state index is 12.5. The molecule has 0 radical (unpaired) electrons. The second kappa shape index (κ2) is 9.17.